The number of nitrogens with zero attached hydrogens (tertiary/aromatic N) is 2. The van der Waals surface area contributed by atoms with Crippen LogP contribution >= 0.6 is 24.0 Å². The molecule has 0 spiro atoms. The van der Waals surface area contributed by atoms with Crippen LogP contribution in [0.15, 0.2) is 4.99 Å². The number of halogens is 1. The number of hydrogen-bond donors (Lipinski definition) is 2. The maximum Gasteiger partial charge on any atom is 0.213 e. The van der Waals surface area contributed by atoms with Crippen molar-refractivity contribution in [1.29, 1.82) is 0 Å². The lowest BCUT2D eigenvalue weighted by Gasteiger charge is -2.17. The first kappa shape index (κ1) is 22.2. The molecule has 122 valence electrons. The minimum Gasteiger partial charge on any atom is -0.356 e. The smallest absolute Gasteiger partial charge is 0.213 e. The minimum absolute atomic E-state index is 0. The van der Waals surface area contributed by atoms with E-state index in [1.54, 1.807) is 21.0 Å². The topological polar surface area (TPSA) is 73.8 Å². The van der Waals surface area contributed by atoms with Crippen molar-refractivity contribution in [2.45, 2.75) is 27.2 Å². The first-order valence-corrected chi connectivity index (χ1v) is 8.33. The lowest BCUT2D eigenvalue weighted by atomic mass is 10.2. The molecular formula is C12H29IN4O2S. The Balaban J connectivity index is 0. The van der Waals surface area contributed by atoms with E-state index in [1.165, 1.54) is 4.31 Å². The summed E-state index contributed by atoms with van der Waals surface area (Å²) >= 11 is 0. The first-order valence-electron chi connectivity index (χ1n) is 6.72. The average Bonchev–Trinajstić information content (AvgIpc) is 2.37. The fraction of sp³-hybridized carbons (Fsp3) is 0.917. The molecule has 0 saturated carbocycles. The number of nitrogens with one attached hydrogen (secondary N) is 2. The zero-order valence-electron chi connectivity index (χ0n) is 13.1. The molecule has 0 aliphatic heterocycles. The van der Waals surface area contributed by atoms with Crippen molar-refractivity contribution in [3.8, 4) is 0 Å². The van der Waals surface area contributed by atoms with Crippen LogP contribution in [0.25, 0.3) is 0 Å². The van der Waals surface area contributed by atoms with Gasteiger partial charge in [0.25, 0.3) is 0 Å². The highest BCUT2D eigenvalue weighted by Gasteiger charge is 2.13. The first-order chi connectivity index (χ1) is 8.83. The summed E-state index contributed by atoms with van der Waals surface area (Å²) in [7, 11) is 0.275. The normalized spacial score (nSPS) is 12.4. The number of hydrogen-bond acceptors (Lipinski definition) is 3. The standard InChI is InChI=1S/C12H28N4O2S.HI/c1-6-19(17,18)16(5)9-7-8-14-12(13-4)15-10-11(2)3;/h11H,6-10H2,1-5H3,(H2,13,14,15);1H. The largest absolute Gasteiger partial charge is 0.356 e. The van der Waals surface area contributed by atoms with Crippen LogP contribution < -0.4 is 10.6 Å². The number of rotatable bonds is 8. The van der Waals surface area contributed by atoms with E-state index in [1.807, 2.05) is 0 Å². The van der Waals surface area contributed by atoms with E-state index >= 15 is 0 Å². The molecule has 0 aromatic carbocycles. The van der Waals surface area contributed by atoms with E-state index in [9.17, 15) is 8.42 Å². The molecule has 0 radical (unpaired) electrons. The molecule has 0 amide bonds. The summed E-state index contributed by atoms with van der Waals surface area (Å²) in [6.07, 6.45) is 0.748. The van der Waals surface area contributed by atoms with Gasteiger partial charge in [0.05, 0.1) is 5.75 Å². The molecule has 0 fully saturated rings. The van der Waals surface area contributed by atoms with E-state index in [0.29, 0.717) is 19.0 Å². The van der Waals surface area contributed by atoms with Gasteiger partial charge in [-0.2, -0.15) is 0 Å². The second kappa shape index (κ2) is 11.6. The maximum atomic E-state index is 11.5. The van der Waals surface area contributed by atoms with Gasteiger partial charge in [-0.1, -0.05) is 13.8 Å². The Morgan fingerprint density at radius 1 is 1.30 bits per heavy atom. The molecule has 0 aromatic heterocycles. The van der Waals surface area contributed by atoms with Crippen molar-refractivity contribution in [3.63, 3.8) is 0 Å². The monoisotopic (exact) mass is 420 g/mol. The van der Waals surface area contributed by atoms with Crippen LogP contribution in [0.5, 0.6) is 0 Å². The quantitative estimate of drug-likeness (QED) is 0.267. The molecule has 0 atom stereocenters. The lowest BCUT2D eigenvalue weighted by Crippen LogP contribution is -2.40. The molecule has 2 N–H and O–H groups in total. The Morgan fingerprint density at radius 2 is 1.90 bits per heavy atom. The summed E-state index contributed by atoms with van der Waals surface area (Å²) in [5.41, 5.74) is 0. The van der Waals surface area contributed by atoms with Crippen molar-refractivity contribution < 1.29 is 8.42 Å². The highest BCUT2D eigenvalue weighted by atomic mass is 127. The summed E-state index contributed by atoms with van der Waals surface area (Å²) in [6, 6.07) is 0. The van der Waals surface area contributed by atoms with Gasteiger partial charge >= 0.3 is 0 Å². The minimum atomic E-state index is -3.07. The van der Waals surface area contributed by atoms with Gasteiger partial charge in [0.1, 0.15) is 0 Å². The third-order valence-electron chi connectivity index (χ3n) is 2.68. The van der Waals surface area contributed by atoms with Crippen molar-refractivity contribution >= 4 is 40.0 Å². The van der Waals surface area contributed by atoms with Crippen LogP contribution in [0, 0.1) is 5.92 Å². The zero-order chi connectivity index (χ0) is 14.9. The Kier molecular flexibility index (Phi) is 12.8. The molecular weight excluding hydrogens is 391 g/mol. The molecule has 8 heteroatoms. The summed E-state index contributed by atoms with van der Waals surface area (Å²) in [5.74, 6) is 1.46. The Labute approximate surface area is 140 Å². The van der Waals surface area contributed by atoms with Crippen LogP contribution in [0.1, 0.15) is 27.2 Å². The number of guanidine groups is 1. The van der Waals surface area contributed by atoms with Crippen LogP contribution in [0.2, 0.25) is 0 Å². The molecule has 0 aromatic rings. The molecule has 0 rings (SSSR count). The molecule has 0 heterocycles. The SMILES string of the molecule is CCS(=O)(=O)N(C)CCCNC(=NC)NCC(C)C.I. The molecule has 20 heavy (non-hydrogen) atoms. The van der Waals surface area contributed by atoms with Crippen LogP contribution in [0.3, 0.4) is 0 Å². The highest BCUT2D eigenvalue weighted by Crippen LogP contribution is 1.98. The predicted octanol–water partition coefficient (Wildman–Crippen LogP) is 1.10. The molecule has 0 bridgehead atoms. The average molecular weight is 420 g/mol. The predicted molar refractivity (Wildman–Crippen MR) is 96.3 cm³/mol. The fourth-order valence-electron chi connectivity index (χ4n) is 1.39. The lowest BCUT2D eigenvalue weighted by molar-refractivity contribution is 0.461. The van der Waals surface area contributed by atoms with Gasteiger partial charge in [-0.05, 0) is 19.3 Å². The number of sulfonamides is 1. The van der Waals surface area contributed by atoms with Crippen molar-refractivity contribution in [2.24, 2.45) is 10.9 Å². The highest BCUT2D eigenvalue weighted by molar-refractivity contribution is 14.0. The van der Waals surface area contributed by atoms with Crippen molar-refractivity contribution in [2.75, 3.05) is 39.5 Å². The fourth-order valence-corrected chi connectivity index (χ4v) is 2.24. The van der Waals surface area contributed by atoms with Gasteiger partial charge in [-0.3, -0.25) is 4.99 Å². The second-order valence-electron chi connectivity index (χ2n) is 4.85. The molecule has 6 nitrogen and oxygen atoms in total. The van der Waals surface area contributed by atoms with Gasteiger partial charge < -0.3 is 10.6 Å². The van der Waals surface area contributed by atoms with Gasteiger partial charge in [0, 0.05) is 33.7 Å². The van der Waals surface area contributed by atoms with Crippen LogP contribution in [-0.4, -0.2) is 58.2 Å². The van der Waals surface area contributed by atoms with E-state index < -0.39 is 10.0 Å². The third-order valence-corrected chi connectivity index (χ3v) is 4.55. The molecule has 0 aliphatic carbocycles. The summed E-state index contributed by atoms with van der Waals surface area (Å²) in [6.45, 7) is 7.99. The van der Waals surface area contributed by atoms with E-state index in [4.69, 9.17) is 0 Å². The molecule has 0 aliphatic rings. The maximum absolute atomic E-state index is 11.5. The van der Waals surface area contributed by atoms with E-state index in [2.05, 4.69) is 29.5 Å². The van der Waals surface area contributed by atoms with Crippen molar-refractivity contribution in [1.82, 2.24) is 14.9 Å². The van der Waals surface area contributed by atoms with Gasteiger partial charge in [-0.25, -0.2) is 12.7 Å². The van der Waals surface area contributed by atoms with Crippen LogP contribution in [0.4, 0.5) is 0 Å². The Morgan fingerprint density at radius 3 is 2.35 bits per heavy atom. The van der Waals surface area contributed by atoms with E-state index in [-0.39, 0.29) is 29.7 Å². The summed E-state index contributed by atoms with van der Waals surface area (Å²) < 4.78 is 24.5. The third kappa shape index (κ3) is 9.76. The Hall–Kier alpha value is -0.0900. The molecule has 0 unspecified atom stereocenters. The zero-order valence-corrected chi connectivity index (χ0v) is 16.3. The van der Waals surface area contributed by atoms with Crippen LogP contribution in [-0.2, 0) is 10.0 Å². The number of aliphatic imine (C=N–C) groups is 1. The van der Waals surface area contributed by atoms with Gasteiger partial charge in [0.2, 0.25) is 10.0 Å². The Bertz CT molecular complexity index is 372. The summed E-state index contributed by atoms with van der Waals surface area (Å²) in [4.78, 5) is 4.10. The van der Waals surface area contributed by atoms with Gasteiger partial charge in [-0.15, -0.1) is 24.0 Å². The summed E-state index contributed by atoms with van der Waals surface area (Å²) in [5, 5.41) is 6.37. The van der Waals surface area contributed by atoms with Gasteiger partial charge in [0.15, 0.2) is 5.96 Å². The van der Waals surface area contributed by atoms with Crippen molar-refractivity contribution in [3.05, 3.63) is 0 Å². The second-order valence-corrected chi connectivity index (χ2v) is 7.21. The molecule has 0 saturated heterocycles. The van der Waals surface area contributed by atoms with E-state index in [0.717, 1.165) is 18.9 Å².